The predicted molar refractivity (Wildman–Crippen MR) is 153 cm³/mol. The lowest BCUT2D eigenvalue weighted by Crippen LogP contribution is -2.47. The molecule has 1 amide bonds. The zero-order chi connectivity index (χ0) is 31.7. The molecule has 0 bridgehead atoms. The Bertz CT molecular complexity index is 1600. The van der Waals surface area contributed by atoms with E-state index in [1.807, 2.05) is 0 Å². The van der Waals surface area contributed by atoms with Crippen molar-refractivity contribution in [3.63, 3.8) is 0 Å². The molecule has 0 atom stereocenters. The van der Waals surface area contributed by atoms with Crippen LogP contribution in [0.25, 0.3) is 11.1 Å². The summed E-state index contributed by atoms with van der Waals surface area (Å²) < 4.78 is 83.3. The summed E-state index contributed by atoms with van der Waals surface area (Å²) >= 11 is 0. The number of carbonyl (C=O) groups is 1. The van der Waals surface area contributed by atoms with Crippen LogP contribution in [0, 0.1) is 6.92 Å². The van der Waals surface area contributed by atoms with Crippen LogP contribution >= 0.6 is 0 Å². The number of aromatic nitrogens is 3. The first-order chi connectivity index (χ1) is 20.0. The molecule has 234 valence electrons. The third kappa shape index (κ3) is 7.67. The number of likely N-dealkylation sites (tertiary alicyclic amines) is 1. The maximum absolute atomic E-state index is 14.3. The van der Waals surface area contributed by atoms with Crippen LogP contribution in [0.4, 0.5) is 35.5 Å². The molecule has 1 aliphatic rings. The highest BCUT2D eigenvalue weighted by Gasteiger charge is 2.36. The van der Waals surface area contributed by atoms with Crippen molar-refractivity contribution < 1.29 is 35.9 Å². The Balaban J connectivity index is 1.62. The van der Waals surface area contributed by atoms with E-state index < -0.39 is 39.5 Å². The van der Waals surface area contributed by atoms with Gasteiger partial charge in [0.2, 0.25) is 21.9 Å². The summed E-state index contributed by atoms with van der Waals surface area (Å²) in [5.74, 6) is -0.0613. The molecule has 1 aromatic heterocycles. The minimum Gasteiger partial charge on any atom is -0.495 e. The molecule has 0 radical (unpaired) electrons. The van der Waals surface area contributed by atoms with Gasteiger partial charge in [0.1, 0.15) is 16.2 Å². The highest BCUT2D eigenvalue weighted by molar-refractivity contribution is 7.89. The van der Waals surface area contributed by atoms with Gasteiger partial charge >= 0.3 is 12.3 Å². The minimum absolute atomic E-state index is 0.0129. The van der Waals surface area contributed by atoms with Crippen molar-refractivity contribution in [2.45, 2.75) is 63.3 Å². The molecule has 1 aliphatic heterocycles. The van der Waals surface area contributed by atoms with Crippen molar-refractivity contribution in [1.82, 2.24) is 24.8 Å². The molecule has 43 heavy (non-hydrogen) atoms. The molecule has 12 nitrogen and oxygen atoms in total. The minimum atomic E-state index is -4.78. The van der Waals surface area contributed by atoms with E-state index in [0.717, 1.165) is 12.1 Å². The maximum Gasteiger partial charge on any atom is 0.417 e. The third-order valence-electron chi connectivity index (χ3n) is 6.61. The van der Waals surface area contributed by atoms with E-state index in [2.05, 4.69) is 25.2 Å². The van der Waals surface area contributed by atoms with Gasteiger partial charge < -0.3 is 25.4 Å². The molecule has 0 aliphatic carbocycles. The van der Waals surface area contributed by atoms with Crippen LogP contribution in [0.1, 0.15) is 44.7 Å². The standard InChI is InChI=1S/C27H34F3N7O5S/c1-15-12-18(32-24-33-23(31)34-35-24)14-19(27(28,29)30)22(15)16-6-7-20(41-5)21(13-16)43(39,40)36-17-8-10-37(11-9-17)25(38)42-26(2,3)4/h6-7,12-14,17,36H,8-11H2,1-5H3,(H4,31,32,33,34,35). The van der Waals surface area contributed by atoms with Gasteiger partial charge in [-0.15, -0.1) is 5.10 Å². The Kier molecular flexibility index (Phi) is 8.83. The first kappa shape index (κ1) is 31.9. The highest BCUT2D eigenvalue weighted by Crippen LogP contribution is 2.42. The number of rotatable bonds is 7. The number of halogens is 3. The summed E-state index contributed by atoms with van der Waals surface area (Å²) in [6, 6.07) is 5.70. The SMILES string of the molecule is COc1ccc(-c2c(C)cc(Nc3n[nH]c(N)n3)cc2C(F)(F)F)cc1S(=O)(=O)NC1CCN(C(=O)OC(C)(C)C)CC1. The van der Waals surface area contributed by atoms with Gasteiger partial charge in [-0.3, -0.25) is 0 Å². The Morgan fingerprint density at radius 2 is 1.81 bits per heavy atom. The number of nitrogens with zero attached hydrogens (tertiary/aromatic N) is 3. The number of piperidine rings is 1. The molecule has 1 fully saturated rings. The Morgan fingerprint density at radius 1 is 1.14 bits per heavy atom. The van der Waals surface area contributed by atoms with Gasteiger partial charge in [0.15, 0.2) is 0 Å². The van der Waals surface area contributed by atoms with Gasteiger partial charge in [0.05, 0.1) is 12.7 Å². The number of alkyl halides is 3. The number of anilines is 3. The number of nitrogens with one attached hydrogen (secondary N) is 3. The lowest BCUT2D eigenvalue weighted by molar-refractivity contribution is -0.137. The number of nitrogen functional groups attached to an aromatic ring is 1. The van der Waals surface area contributed by atoms with Crippen molar-refractivity contribution >= 4 is 33.7 Å². The van der Waals surface area contributed by atoms with Crippen LogP contribution in [0.3, 0.4) is 0 Å². The second kappa shape index (κ2) is 11.9. The highest BCUT2D eigenvalue weighted by atomic mass is 32.2. The molecule has 5 N–H and O–H groups in total. The van der Waals surface area contributed by atoms with E-state index in [-0.39, 0.29) is 58.0 Å². The smallest absolute Gasteiger partial charge is 0.417 e. The predicted octanol–water partition coefficient (Wildman–Crippen LogP) is 4.81. The van der Waals surface area contributed by atoms with Crippen LogP contribution < -0.4 is 20.5 Å². The Labute approximate surface area is 247 Å². The van der Waals surface area contributed by atoms with Crippen molar-refractivity contribution in [2.24, 2.45) is 0 Å². The number of ether oxygens (including phenoxy) is 2. The van der Waals surface area contributed by atoms with E-state index in [1.165, 1.54) is 37.1 Å². The van der Waals surface area contributed by atoms with Crippen LogP contribution in [0.2, 0.25) is 0 Å². The molecule has 0 spiro atoms. The molecule has 4 rings (SSSR count). The topological polar surface area (TPSA) is 165 Å². The quantitative estimate of drug-likeness (QED) is 0.288. The van der Waals surface area contributed by atoms with E-state index in [9.17, 15) is 26.4 Å². The lowest BCUT2D eigenvalue weighted by atomic mass is 9.93. The number of hydrogen-bond acceptors (Lipinski definition) is 9. The molecule has 2 aromatic carbocycles. The number of sulfonamides is 1. The van der Waals surface area contributed by atoms with Gasteiger partial charge in [0, 0.05) is 24.8 Å². The largest absolute Gasteiger partial charge is 0.495 e. The number of aryl methyl sites for hydroxylation is 1. The zero-order valence-electron chi connectivity index (χ0n) is 24.3. The fourth-order valence-corrected chi connectivity index (χ4v) is 6.26. The van der Waals surface area contributed by atoms with Gasteiger partial charge in [-0.2, -0.15) is 18.2 Å². The average Bonchev–Trinajstić information content (AvgIpc) is 3.31. The van der Waals surface area contributed by atoms with Gasteiger partial charge in [-0.25, -0.2) is 23.0 Å². The fourth-order valence-electron chi connectivity index (χ4n) is 4.76. The number of carbonyl (C=O) groups excluding carboxylic acids is 1. The number of aromatic amines is 1. The second-order valence-electron chi connectivity index (χ2n) is 11.1. The number of hydrogen-bond donors (Lipinski definition) is 4. The maximum atomic E-state index is 14.3. The van der Waals surface area contributed by atoms with Crippen molar-refractivity contribution in [2.75, 3.05) is 31.2 Å². The summed E-state index contributed by atoms with van der Waals surface area (Å²) in [5.41, 5.74) is 3.96. The van der Waals surface area contributed by atoms with E-state index in [1.54, 1.807) is 20.8 Å². The molecule has 2 heterocycles. The molecule has 16 heteroatoms. The summed E-state index contributed by atoms with van der Waals surface area (Å²) in [4.78, 5) is 17.4. The van der Waals surface area contributed by atoms with Gasteiger partial charge in [-0.05, 0) is 81.5 Å². The van der Waals surface area contributed by atoms with Crippen molar-refractivity contribution in [3.8, 4) is 16.9 Å². The summed E-state index contributed by atoms with van der Waals surface area (Å²) in [7, 11) is -2.97. The number of methoxy groups -OCH3 is 1. The van der Waals surface area contributed by atoms with E-state index in [4.69, 9.17) is 15.2 Å². The number of benzene rings is 2. The average molecular weight is 626 g/mol. The second-order valence-corrected chi connectivity index (χ2v) is 12.8. The molecule has 0 unspecified atom stereocenters. The number of nitrogens with two attached hydrogens (primary N) is 1. The number of H-pyrrole nitrogens is 1. The zero-order valence-corrected chi connectivity index (χ0v) is 25.1. The monoisotopic (exact) mass is 625 g/mol. The summed E-state index contributed by atoms with van der Waals surface area (Å²) in [6.07, 6.45) is -4.62. The van der Waals surface area contributed by atoms with Crippen LogP contribution in [-0.2, 0) is 20.9 Å². The fraction of sp³-hybridized carbons (Fsp3) is 0.444. The van der Waals surface area contributed by atoms with Crippen LogP contribution in [0.5, 0.6) is 5.75 Å². The van der Waals surface area contributed by atoms with E-state index in [0.29, 0.717) is 12.8 Å². The first-order valence-electron chi connectivity index (χ1n) is 13.3. The van der Waals surface area contributed by atoms with Gasteiger partial charge in [-0.1, -0.05) is 6.07 Å². The lowest BCUT2D eigenvalue weighted by Gasteiger charge is -2.33. The summed E-state index contributed by atoms with van der Waals surface area (Å²) in [6.45, 7) is 7.30. The normalized spacial score (nSPS) is 14.9. The van der Waals surface area contributed by atoms with Crippen LogP contribution in [-0.4, -0.2) is 66.4 Å². The van der Waals surface area contributed by atoms with Crippen LogP contribution in [0.15, 0.2) is 35.2 Å². The molecular formula is C27H34F3N7O5S. The molecule has 1 saturated heterocycles. The molecule has 3 aromatic rings. The summed E-state index contributed by atoms with van der Waals surface area (Å²) in [5, 5.41) is 8.86. The molecule has 0 saturated carbocycles. The Hall–Kier alpha value is -4.05. The van der Waals surface area contributed by atoms with Gasteiger partial charge in [0.25, 0.3) is 0 Å². The third-order valence-corrected chi connectivity index (χ3v) is 8.15. The first-order valence-corrected chi connectivity index (χ1v) is 14.8. The Morgan fingerprint density at radius 3 is 2.37 bits per heavy atom. The molecular weight excluding hydrogens is 591 g/mol. The number of amides is 1. The van der Waals surface area contributed by atoms with Crippen molar-refractivity contribution in [1.29, 1.82) is 0 Å². The van der Waals surface area contributed by atoms with E-state index >= 15 is 0 Å². The van der Waals surface area contributed by atoms with Crippen molar-refractivity contribution in [3.05, 3.63) is 41.5 Å².